The van der Waals surface area contributed by atoms with E-state index in [1.807, 2.05) is 24.1 Å². The van der Waals surface area contributed by atoms with Gasteiger partial charge in [-0.2, -0.15) is 0 Å². The number of aromatic hydroxyl groups is 1. The molecule has 1 aliphatic carbocycles. The number of benzene rings is 1. The average Bonchev–Trinajstić information content (AvgIpc) is 2.50. The maximum absolute atomic E-state index is 12.4. The monoisotopic (exact) mass is 290 g/mol. The lowest BCUT2D eigenvalue weighted by Gasteiger charge is -2.35. The van der Waals surface area contributed by atoms with Crippen LogP contribution < -0.4 is 5.32 Å². The molecule has 1 aromatic rings. The minimum atomic E-state index is 0.0865. The van der Waals surface area contributed by atoms with E-state index in [4.69, 9.17) is 0 Å². The molecule has 0 radical (unpaired) electrons. The quantitative estimate of drug-likeness (QED) is 0.875. The highest BCUT2D eigenvalue weighted by atomic mass is 16.3. The van der Waals surface area contributed by atoms with Crippen LogP contribution in [0, 0.1) is 0 Å². The van der Waals surface area contributed by atoms with Crippen LogP contribution in [0.4, 0.5) is 0 Å². The molecule has 1 amide bonds. The minimum absolute atomic E-state index is 0.0865. The fourth-order valence-corrected chi connectivity index (χ4v) is 3.11. The number of phenolic OH excluding ortho intramolecular Hbond substituents is 1. The highest BCUT2D eigenvalue weighted by Gasteiger charge is 2.26. The molecule has 0 atom stereocenters. The van der Waals surface area contributed by atoms with Crippen molar-refractivity contribution < 1.29 is 9.90 Å². The summed E-state index contributed by atoms with van der Waals surface area (Å²) in [7, 11) is 1.89. The molecular weight excluding hydrogens is 264 g/mol. The van der Waals surface area contributed by atoms with Gasteiger partial charge in [0.2, 0.25) is 5.91 Å². The Morgan fingerprint density at radius 1 is 1.29 bits per heavy atom. The van der Waals surface area contributed by atoms with Crippen molar-refractivity contribution in [1.82, 2.24) is 10.2 Å². The van der Waals surface area contributed by atoms with Crippen LogP contribution in [0.15, 0.2) is 24.3 Å². The van der Waals surface area contributed by atoms with Crippen LogP contribution >= 0.6 is 0 Å². The fourth-order valence-electron chi connectivity index (χ4n) is 3.11. The van der Waals surface area contributed by atoms with E-state index in [1.54, 1.807) is 12.1 Å². The summed E-state index contributed by atoms with van der Waals surface area (Å²) >= 11 is 0. The molecule has 0 saturated heterocycles. The third kappa shape index (κ3) is 4.21. The first-order chi connectivity index (χ1) is 10.1. The SMILES string of the molecule is CCNC1CCC(N(C)C(=O)Cc2ccccc2O)CC1. The summed E-state index contributed by atoms with van der Waals surface area (Å²) < 4.78 is 0. The van der Waals surface area contributed by atoms with E-state index in [0.29, 0.717) is 17.6 Å². The van der Waals surface area contributed by atoms with Crippen molar-refractivity contribution in [3.63, 3.8) is 0 Å². The standard InChI is InChI=1S/C17H26N2O2/c1-3-18-14-8-10-15(11-9-14)19(2)17(21)12-13-6-4-5-7-16(13)20/h4-7,14-15,18,20H,3,8-12H2,1-2H3. The van der Waals surface area contributed by atoms with Crippen LogP contribution in [0.1, 0.15) is 38.2 Å². The van der Waals surface area contributed by atoms with Crippen molar-refractivity contribution in [2.45, 2.75) is 51.1 Å². The Morgan fingerprint density at radius 2 is 1.95 bits per heavy atom. The van der Waals surface area contributed by atoms with E-state index < -0.39 is 0 Å². The second-order valence-corrected chi connectivity index (χ2v) is 5.87. The molecule has 0 bridgehead atoms. The van der Waals surface area contributed by atoms with Crippen molar-refractivity contribution in [2.24, 2.45) is 0 Å². The smallest absolute Gasteiger partial charge is 0.227 e. The summed E-state index contributed by atoms with van der Waals surface area (Å²) in [5, 5.41) is 13.3. The largest absolute Gasteiger partial charge is 0.508 e. The van der Waals surface area contributed by atoms with Gasteiger partial charge < -0.3 is 15.3 Å². The van der Waals surface area contributed by atoms with Crippen molar-refractivity contribution in [3.8, 4) is 5.75 Å². The Bertz CT molecular complexity index is 468. The number of nitrogens with one attached hydrogen (secondary N) is 1. The average molecular weight is 290 g/mol. The fraction of sp³-hybridized carbons (Fsp3) is 0.588. The number of amides is 1. The van der Waals surface area contributed by atoms with Crippen molar-refractivity contribution in [2.75, 3.05) is 13.6 Å². The van der Waals surface area contributed by atoms with E-state index in [2.05, 4.69) is 12.2 Å². The summed E-state index contributed by atoms with van der Waals surface area (Å²) in [6.45, 7) is 3.14. The highest BCUT2D eigenvalue weighted by molar-refractivity contribution is 5.79. The molecule has 4 nitrogen and oxygen atoms in total. The Hall–Kier alpha value is -1.55. The number of nitrogens with zero attached hydrogens (tertiary/aromatic N) is 1. The molecule has 2 N–H and O–H groups in total. The zero-order chi connectivity index (χ0) is 15.2. The first kappa shape index (κ1) is 15.8. The molecule has 0 unspecified atom stereocenters. The first-order valence-electron chi connectivity index (χ1n) is 7.87. The molecule has 0 spiro atoms. The van der Waals surface area contributed by atoms with Crippen molar-refractivity contribution in [1.29, 1.82) is 0 Å². The normalized spacial score (nSPS) is 22.0. The summed E-state index contributed by atoms with van der Waals surface area (Å²) in [6.07, 6.45) is 4.65. The van der Waals surface area contributed by atoms with Gasteiger partial charge in [0.25, 0.3) is 0 Å². The molecule has 1 fully saturated rings. The molecule has 0 heterocycles. The Morgan fingerprint density at radius 3 is 2.57 bits per heavy atom. The molecule has 0 aromatic heterocycles. The van der Waals surface area contributed by atoms with Gasteiger partial charge in [0.1, 0.15) is 5.75 Å². The van der Waals surface area contributed by atoms with Gasteiger partial charge in [0.15, 0.2) is 0 Å². The van der Waals surface area contributed by atoms with Crippen LogP contribution in [0.2, 0.25) is 0 Å². The molecule has 1 aromatic carbocycles. The maximum atomic E-state index is 12.4. The molecule has 1 saturated carbocycles. The van der Waals surface area contributed by atoms with Gasteiger partial charge in [-0.1, -0.05) is 25.1 Å². The summed E-state index contributed by atoms with van der Waals surface area (Å²) in [6, 6.07) is 8.00. The molecule has 4 heteroatoms. The van der Waals surface area contributed by atoms with Crippen LogP contribution in [0.25, 0.3) is 0 Å². The predicted molar refractivity (Wildman–Crippen MR) is 84.3 cm³/mol. The van der Waals surface area contributed by atoms with Gasteiger partial charge in [-0.05, 0) is 38.3 Å². The number of carbonyl (C=O) groups is 1. The maximum Gasteiger partial charge on any atom is 0.227 e. The van der Waals surface area contributed by atoms with Crippen LogP contribution in [0.5, 0.6) is 5.75 Å². The summed E-state index contributed by atoms with van der Waals surface area (Å²) in [5.41, 5.74) is 0.704. The Kier molecular flexibility index (Phi) is 5.62. The van der Waals surface area contributed by atoms with Crippen LogP contribution in [-0.2, 0) is 11.2 Å². The lowest BCUT2D eigenvalue weighted by atomic mass is 9.90. The van der Waals surface area contributed by atoms with E-state index in [0.717, 1.165) is 32.2 Å². The lowest BCUT2D eigenvalue weighted by Crippen LogP contribution is -2.43. The van der Waals surface area contributed by atoms with Crippen LogP contribution in [-0.4, -0.2) is 41.6 Å². The number of likely N-dealkylation sites (N-methyl/N-ethyl adjacent to an activating group) is 1. The van der Waals surface area contributed by atoms with Crippen LogP contribution in [0.3, 0.4) is 0 Å². The molecule has 116 valence electrons. The second-order valence-electron chi connectivity index (χ2n) is 5.87. The molecule has 21 heavy (non-hydrogen) atoms. The minimum Gasteiger partial charge on any atom is -0.508 e. The van der Waals surface area contributed by atoms with Gasteiger partial charge in [-0.3, -0.25) is 4.79 Å². The molecule has 2 rings (SSSR count). The van der Waals surface area contributed by atoms with Gasteiger partial charge in [0, 0.05) is 24.7 Å². The number of para-hydroxylation sites is 1. The first-order valence-corrected chi connectivity index (χ1v) is 7.87. The van der Waals surface area contributed by atoms with Crippen molar-refractivity contribution in [3.05, 3.63) is 29.8 Å². The predicted octanol–water partition coefficient (Wildman–Crippen LogP) is 2.31. The van der Waals surface area contributed by atoms with Crippen molar-refractivity contribution >= 4 is 5.91 Å². The zero-order valence-electron chi connectivity index (χ0n) is 13.0. The number of hydrogen-bond acceptors (Lipinski definition) is 3. The van der Waals surface area contributed by atoms with Gasteiger partial charge >= 0.3 is 0 Å². The lowest BCUT2D eigenvalue weighted by molar-refractivity contribution is -0.131. The molecule has 1 aliphatic rings. The third-order valence-electron chi connectivity index (χ3n) is 4.46. The Balaban J connectivity index is 1.87. The second kappa shape index (κ2) is 7.46. The highest BCUT2D eigenvalue weighted by Crippen LogP contribution is 2.24. The van der Waals surface area contributed by atoms with E-state index >= 15 is 0 Å². The van der Waals surface area contributed by atoms with Gasteiger partial charge in [-0.15, -0.1) is 0 Å². The van der Waals surface area contributed by atoms with E-state index in [-0.39, 0.29) is 18.1 Å². The van der Waals surface area contributed by atoms with Gasteiger partial charge in [0.05, 0.1) is 6.42 Å². The molecule has 0 aliphatic heterocycles. The Labute approximate surface area is 127 Å². The zero-order valence-corrected chi connectivity index (χ0v) is 13.0. The number of carbonyl (C=O) groups excluding carboxylic acids is 1. The summed E-state index contributed by atoms with van der Waals surface area (Å²) in [5.74, 6) is 0.290. The van der Waals surface area contributed by atoms with E-state index in [1.165, 1.54) is 0 Å². The molecular formula is C17H26N2O2. The number of phenols is 1. The van der Waals surface area contributed by atoms with Gasteiger partial charge in [-0.25, -0.2) is 0 Å². The number of rotatable bonds is 5. The topological polar surface area (TPSA) is 52.6 Å². The van der Waals surface area contributed by atoms with E-state index in [9.17, 15) is 9.90 Å². The number of hydrogen-bond donors (Lipinski definition) is 2. The summed E-state index contributed by atoms with van der Waals surface area (Å²) in [4.78, 5) is 14.2. The third-order valence-corrected chi connectivity index (χ3v) is 4.46.